The van der Waals surface area contributed by atoms with Crippen LogP contribution in [0.25, 0.3) is 11.1 Å². The van der Waals surface area contributed by atoms with Crippen LogP contribution in [0.1, 0.15) is 30.4 Å². The van der Waals surface area contributed by atoms with Gasteiger partial charge in [0.25, 0.3) is 5.91 Å². The minimum absolute atomic E-state index is 0.141. The number of benzene rings is 3. The molecular formula is C29H30F3NO4. The highest BCUT2D eigenvalue weighted by atomic mass is 19.4. The maximum absolute atomic E-state index is 13.0. The number of carbonyl (C=O) groups excluding carboxylic acids is 1. The molecule has 0 bridgehead atoms. The monoisotopic (exact) mass is 513 g/mol. The van der Waals surface area contributed by atoms with Crippen molar-refractivity contribution in [3.8, 4) is 28.4 Å². The Kier molecular flexibility index (Phi) is 8.26. The van der Waals surface area contributed by atoms with Gasteiger partial charge < -0.3 is 19.5 Å². The second-order valence-electron chi connectivity index (χ2n) is 9.23. The summed E-state index contributed by atoms with van der Waals surface area (Å²) in [6.45, 7) is 1.13. The van der Waals surface area contributed by atoms with Crippen LogP contribution in [-0.2, 0) is 17.4 Å². The normalized spacial score (nSPS) is 14.4. The van der Waals surface area contributed by atoms with Crippen molar-refractivity contribution in [1.82, 2.24) is 4.90 Å². The molecule has 5 nitrogen and oxygen atoms in total. The molecule has 196 valence electrons. The summed E-state index contributed by atoms with van der Waals surface area (Å²) in [5, 5.41) is 10.2. The van der Waals surface area contributed by atoms with E-state index in [1.165, 1.54) is 11.6 Å². The van der Waals surface area contributed by atoms with E-state index < -0.39 is 17.5 Å². The number of methoxy groups -OCH3 is 1. The summed E-state index contributed by atoms with van der Waals surface area (Å²) in [4.78, 5) is 14.6. The standard InChI is InChI=1S/C29H30F3NO4/c1-36-23-6-4-5-21(17-23)10-9-20-13-15-33(16-14-20)28(35)19-37-27-8-3-2-7-25(27)24-12-11-22(18-26(24)34)29(30,31)32/h2-8,11-12,17-18,20,34H,9-10,13-16,19H2,1H3. The number of likely N-dealkylation sites (tertiary alicyclic amines) is 1. The number of halogens is 3. The number of piperidine rings is 1. The van der Waals surface area contributed by atoms with E-state index >= 15 is 0 Å². The van der Waals surface area contributed by atoms with Gasteiger partial charge in [0, 0.05) is 24.2 Å². The number of alkyl halides is 3. The molecule has 1 N–H and O–H groups in total. The molecule has 0 radical (unpaired) electrons. The number of para-hydroxylation sites is 1. The average Bonchev–Trinajstić information content (AvgIpc) is 2.90. The average molecular weight is 514 g/mol. The van der Waals surface area contributed by atoms with Crippen LogP contribution in [0.4, 0.5) is 13.2 Å². The number of rotatable bonds is 8. The second kappa shape index (κ2) is 11.6. The Bertz CT molecular complexity index is 1220. The van der Waals surface area contributed by atoms with E-state index in [2.05, 4.69) is 12.1 Å². The van der Waals surface area contributed by atoms with Crippen molar-refractivity contribution in [1.29, 1.82) is 0 Å². The quantitative estimate of drug-likeness (QED) is 0.382. The van der Waals surface area contributed by atoms with Gasteiger partial charge in [-0.1, -0.05) is 30.3 Å². The first-order valence-electron chi connectivity index (χ1n) is 12.3. The second-order valence-corrected chi connectivity index (χ2v) is 9.23. The summed E-state index contributed by atoms with van der Waals surface area (Å²) in [5.41, 5.74) is 0.920. The van der Waals surface area contributed by atoms with Crippen molar-refractivity contribution in [3.63, 3.8) is 0 Å². The Balaban J connectivity index is 1.31. The van der Waals surface area contributed by atoms with Crippen LogP contribution in [0.3, 0.4) is 0 Å². The zero-order valence-corrected chi connectivity index (χ0v) is 20.6. The molecule has 3 aromatic carbocycles. The molecule has 3 aromatic rings. The Labute approximate surface area is 214 Å². The lowest BCUT2D eigenvalue weighted by molar-refractivity contribution is -0.137. The highest BCUT2D eigenvalue weighted by Gasteiger charge is 2.31. The van der Waals surface area contributed by atoms with Gasteiger partial charge in [0.2, 0.25) is 0 Å². The number of hydrogen-bond donors (Lipinski definition) is 1. The van der Waals surface area contributed by atoms with Gasteiger partial charge in [-0.15, -0.1) is 0 Å². The Morgan fingerprint density at radius 1 is 1.00 bits per heavy atom. The van der Waals surface area contributed by atoms with Gasteiger partial charge in [0.1, 0.15) is 17.2 Å². The Morgan fingerprint density at radius 2 is 1.76 bits per heavy atom. The maximum Gasteiger partial charge on any atom is 0.416 e. The van der Waals surface area contributed by atoms with Crippen molar-refractivity contribution in [3.05, 3.63) is 77.9 Å². The van der Waals surface area contributed by atoms with E-state index in [4.69, 9.17) is 9.47 Å². The third-order valence-electron chi connectivity index (χ3n) is 6.80. The Morgan fingerprint density at radius 3 is 2.46 bits per heavy atom. The van der Waals surface area contributed by atoms with Crippen molar-refractivity contribution in [2.45, 2.75) is 31.9 Å². The number of aromatic hydroxyl groups is 1. The van der Waals surface area contributed by atoms with Gasteiger partial charge >= 0.3 is 6.18 Å². The zero-order valence-electron chi connectivity index (χ0n) is 20.6. The summed E-state index contributed by atoms with van der Waals surface area (Å²) >= 11 is 0. The van der Waals surface area contributed by atoms with Gasteiger partial charge in [-0.05, 0) is 73.6 Å². The molecule has 1 heterocycles. The molecule has 37 heavy (non-hydrogen) atoms. The molecule has 0 aromatic heterocycles. The third kappa shape index (κ3) is 6.76. The number of ether oxygens (including phenoxy) is 2. The molecule has 1 fully saturated rings. The van der Waals surface area contributed by atoms with Crippen LogP contribution < -0.4 is 9.47 Å². The predicted molar refractivity (Wildman–Crippen MR) is 135 cm³/mol. The molecule has 0 unspecified atom stereocenters. The molecule has 1 aliphatic rings. The summed E-state index contributed by atoms with van der Waals surface area (Å²) in [5.74, 6) is 1.07. The molecule has 1 aliphatic heterocycles. The molecule has 0 saturated carbocycles. The highest BCUT2D eigenvalue weighted by molar-refractivity contribution is 5.79. The SMILES string of the molecule is COc1cccc(CCC2CCN(C(=O)COc3ccccc3-c3ccc(C(F)(F)F)cc3O)CC2)c1. The number of phenols is 1. The summed E-state index contributed by atoms with van der Waals surface area (Å²) in [6, 6.07) is 17.5. The number of hydrogen-bond acceptors (Lipinski definition) is 4. The van der Waals surface area contributed by atoms with Crippen molar-refractivity contribution in [2.75, 3.05) is 26.8 Å². The first kappa shape index (κ1) is 26.4. The first-order chi connectivity index (χ1) is 17.7. The lowest BCUT2D eigenvalue weighted by Crippen LogP contribution is -2.41. The number of carbonyl (C=O) groups is 1. The number of phenolic OH excluding ortho intramolecular Hbond substituents is 1. The van der Waals surface area contributed by atoms with E-state index in [9.17, 15) is 23.1 Å². The molecule has 0 aliphatic carbocycles. The van der Waals surface area contributed by atoms with Gasteiger partial charge in [0.05, 0.1) is 12.7 Å². The Hall–Kier alpha value is -3.68. The van der Waals surface area contributed by atoms with Crippen LogP contribution in [0.5, 0.6) is 17.2 Å². The maximum atomic E-state index is 13.0. The molecule has 4 rings (SSSR count). The van der Waals surface area contributed by atoms with Gasteiger partial charge in [0.15, 0.2) is 6.61 Å². The van der Waals surface area contributed by atoms with E-state index in [1.54, 1.807) is 36.3 Å². The molecular weight excluding hydrogens is 483 g/mol. The van der Waals surface area contributed by atoms with Crippen LogP contribution in [0, 0.1) is 5.92 Å². The molecule has 0 spiro atoms. The number of amides is 1. The fraction of sp³-hybridized carbons (Fsp3) is 0.345. The van der Waals surface area contributed by atoms with Crippen LogP contribution in [0.2, 0.25) is 0 Å². The zero-order chi connectivity index (χ0) is 26.4. The highest BCUT2D eigenvalue weighted by Crippen LogP contribution is 2.39. The van der Waals surface area contributed by atoms with Crippen molar-refractivity contribution < 1.29 is 32.5 Å². The lowest BCUT2D eigenvalue weighted by Gasteiger charge is -2.32. The van der Waals surface area contributed by atoms with Gasteiger partial charge in [-0.3, -0.25) is 4.79 Å². The first-order valence-corrected chi connectivity index (χ1v) is 12.3. The third-order valence-corrected chi connectivity index (χ3v) is 6.80. The molecule has 1 saturated heterocycles. The van der Waals surface area contributed by atoms with E-state index in [1.807, 2.05) is 12.1 Å². The largest absolute Gasteiger partial charge is 0.507 e. The topological polar surface area (TPSA) is 59.0 Å². The fourth-order valence-electron chi connectivity index (χ4n) is 4.65. The summed E-state index contributed by atoms with van der Waals surface area (Å²) in [6.07, 6.45) is -0.694. The van der Waals surface area contributed by atoms with Crippen LogP contribution >= 0.6 is 0 Å². The minimum Gasteiger partial charge on any atom is -0.507 e. The summed E-state index contributed by atoms with van der Waals surface area (Å²) < 4.78 is 49.9. The smallest absolute Gasteiger partial charge is 0.416 e. The predicted octanol–water partition coefficient (Wildman–Crippen LogP) is 6.34. The van der Waals surface area contributed by atoms with E-state index in [-0.39, 0.29) is 18.1 Å². The van der Waals surface area contributed by atoms with Crippen LogP contribution in [-0.4, -0.2) is 42.7 Å². The number of aryl methyl sites for hydroxylation is 1. The fourth-order valence-corrected chi connectivity index (χ4v) is 4.65. The van der Waals surface area contributed by atoms with Crippen molar-refractivity contribution >= 4 is 5.91 Å². The molecule has 8 heteroatoms. The minimum atomic E-state index is -4.55. The molecule has 1 amide bonds. The van der Waals surface area contributed by atoms with Gasteiger partial charge in [-0.2, -0.15) is 13.2 Å². The lowest BCUT2D eigenvalue weighted by atomic mass is 9.90. The molecule has 0 atom stereocenters. The van der Waals surface area contributed by atoms with E-state index in [0.29, 0.717) is 36.4 Å². The van der Waals surface area contributed by atoms with E-state index in [0.717, 1.165) is 37.5 Å². The van der Waals surface area contributed by atoms with Crippen LogP contribution in [0.15, 0.2) is 66.7 Å². The van der Waals surface area contributed by atoms with Crippen molar-refractivity contribution in [2.24, 2.45) is 5.92 Å². The number of nitrogens with zero attached hydrogens (tertiary/aromatic N) is 1. The van der Waals surface area contributed by atoms with Gasteiger partial charge in [-0.25, -0.2) is 0 Å². The summed E-state index contributed by atoms with van der Waals surface area (Å²) in [7, 11) is 1.66.